The normalized spacial score (nSPS) is 14.5. The number of pyridine rings is 1. The zero-order chi connectivity index (χ0) is 21.1. The molecule has 3 aromatic rings. The molecule has 0 saturated carbocycles. The fourth-order valence-corrected chi connectivity index (χ4v) is 4.34. The molecule has 0 radical (unpaired) electrons. The Morgan fingerprint density at radius 3 is 2.50 bits per heavy atom. The minimum absolute atomic E-state index is 0.0319. The molecule has 0 spiro atoms. The van der Waals surface area contributed by atoms with Gasteiger partial charge in [0.2, 0.25) is 5.91 Å². The number of amides is 2. The first-order valence-corrected chi connectivity index (χ1v) is 10.9. The number of hydrogen-bond donors (Lipinski definition) is 1. The van der Waals surface area contributed by atoms with Crippen LogP contribution in [0.4, 0.5) is 5.82 Å². The highest BCUT2D eigenvalue weighted by molar-refractivity contribution is 7.13. The molecule has 1 aromatic carbocycles. The molecule has 1 fully saturated rings. The molecule has 6 nitrogen and oxygen atoms in total. The summed E-state index contributed by atoms with van der Waals surface area (Å²) in [5, 5.41) is 5.55. The van der Waals surface area contributed by atoms with Crippen LogP contribution in [-0.4, -0.2) is 39.8 Å². The molecule has 154 valence electrons. The van der Waals surface area contributed by atoms with Crippen LogP contribution in [-0.2, 0) is 4.79 Å². The van der Waals surface area contributed by atoms with E-state index in [0.717, 1.165) is 16.1 Å². The molecule has 30 heavy (non-hydrogen) atoms. The van der Waals surface area contributed by atoms with Gasteiger partial charge >= 0.3 is 0 Å². The third kappa shape index (κ3) is 4.57. The van der Waals surface area contributed by atoms with Gasteiger partial charge < -0.3 is 10.2 Å². The van der Waals surface area contributed by atoms with E-state index < -0.39 is 0 Å². The van der Waals surface area contributed by atoms with Gasteiger partial charge in [-0.2, -0.15) is 0 Å². The molecule has 0 atom stereocenters. The second-order valence-electron chi connectivity index (χ2n) is 7.68. The molecule has 2 aromatic heterocycles. The Kier molecular flexibility index (Phi) is 5.90. The number of hydrogen-bond acceptors (Lipinski definition) is 5. The van der Waals surface area contributed by atoms with Gasteiger partial charge in [-0.25, -0.2) is 9.97 Å². The van der Waals surface area contributed by atoms with E-state index in [0.29, 0.717) is 37.4 Å². The van der Waals surface area contributed by atoms with E-state index in [-0.39, 0.29) is 17.7 Å². The summed E-state index contributed by atoms with van der Waals surface area (Å²) in [5.41, 5.74) is 3.73. The lowest BCUT2D eigenvalue weighted by molar-refractivity contribution is -0.121. The van der Waals surface area contributed by atoms with E-state index >= 15 is 0 Å². The number of nitrogens with one attached hydrogen (secondary N) is 1. The highest BCUT2D eigenvalue weighted by Gasteiger charge is 2.29. The average molecular weight is 421 g/mol. The van der Waals surface area contributed by atoms with E-state index in [9.17, 15) is 9.59 Å². The number of benzene rings is 1. The standard InChI is InChI=1S/C23H24N4O2S/c1-15-3-5-18(6-4-15)22-25-19(14-30-22)23(29)27-11-8-17(9-12-27)21(28)26-20-13-16(2)7-10-24-20/h3-7,10,13-14,17H,8-9,11-12H2,1-2H3,(H,24,26,28). The molecule has 3 heterocycles. The van der Waals surface area contributed by atoms with Crippen molar-refractivity contribution in [1.82, 2.24) is 14.9 Å². The number of carbonyl (C=O) groups is 2. The Morgan fingerprint density at radius 2 is 1.80 bits per heavy atom. The third-order valence-electron chi connectivity index (χ3n) is 5.34. The summed E-state index contributed by atoms with van der Waals surface area (Å²) in [6, 6.07) is 11.9. The van der Waals surface area contributed by atoms with Crippen molar-refractivity contribution in [3.05, 3.63) is 64.8 Å². The first-order chi connectivity index (χ1) is 14.5. The summed E-state index contributed by atoms with van der Waals surface area (Å²) < 4.78 is 0. The third-order valence-corrected chi connectivity index (χ3v) is 6.23. The number of aromatic nitrogens is 2. The minimum Gasteiger partial charge on any atom is -0.337 e. The first kappa shape index (κ1) is 20.2. The Morgan fingerprint density at radius 1 is 1.07 bits per heavy atom. The average Bonchev–Trinajstić information content (AvgIpc) is 3.24. The Hall–Kier alpha value is -3.06. The maximum atomic E-state index is 12.9. The summed E-state index contributed by atoms with van der Waals surface area (Å²) in [4.78, 5) is 35.9. The first-order valence-electron chi connectivity index (χ1n) is 10.0. The van der Waals surface area contributed by atoms with E-state index in [2.05, 4.69) is 15.3 Å². The quantitative estimate of drug-likeness (QED) is 0.682. The molecule has 1 N–H and O–H groups in total. The van der Waals surface area contributed by atoms with Crippen LogP contribution in [0.5, 0.6) is 0 Å². The summed E-state index contributed by atoms with van der Waals surface area (Å²) in [6.45, 7) is 5.11. The molecule has 0 aliphatic carbocycles. The zero-order valence-corrected chi connectivity index (χ0v) is 17.9. The predicted octanol–water partition coefficient (Wildman–Crippen LogP) is 4.31. The number of rotatable bonds is 4. The van der Waals surface area contributed by atoms with Crippen LogP contribution in [0, 0.1) is 19.8 Å². The van der Waals surface area contributed by atoms with Gasteiger partial charge in [-0.1, -0.05) is 29.8 Å². The highest BCUT2D eigenvalue weighted by Crippen LogP contribution is 2.26. The van der Waals surface area contributed by atoms with Crippen molar-refractivity contribution in [3.63, 3.8) is 0 Å². The zero-order valence-electron chi connectivity index (χ0n) is 17.1. The van der Waals surface area contributed by atoms with Crippen molar-refractivity contribution in [3.8, 4) is 10.6 Å². The van der Waals surface area contributed by atoms with Crippen LogP contribution in [0.1, 0.15) is 34.5 Å². The van der Waals surface area contributed by atoms with Crippen molar-refractivity contribution in [2.45, 2.75) is 26.7 Å². The second-order valence-corrected chi connectivity index (χ2v) is 8.54. The van der Waals surface area contributed by atoms with Gasteiger partial charge in [-0.3, -0.25) is 9.59 Å². The van der Waals surface area contributed by atoms with Crippen molar-refractivity contribution >= 4 is 29.0 Å². The smallest absolute Gasteiger partial charge is 0.273 e. The fourth-order valence-electron chi connectivity index (χ4n) is 3.54. The molecule has 2 amide bonds. The number of anilines is 1. The van der Waals surface area contributed by atoms with Gasteiger partial charge in [0, 0.05) is 36.1 Å². The van der Waals surface area contributed by atoms with Gasteiger partial charge in [0.15, 0.2) is 0 Å². The maximum Gasteiger partial charge on any atom is 0.273 e. The number of aryl methyl sites for hydroxylation is 2. The molecular weight excluding hydrogens is 396 g/mol. The summed E-state index contributed by atoms with van der Waals surface area (Å²) in [6.07, 6.45) is 2.96. The number of thiazole rings is 1. The predicted molar refractivity (Wildman–Crippen MR) is 119 cm³/mol. The van der Waals surface area contributed by atoms with Gasteiger partial charge in [0.25, 0.3) is 5.91 Å². The Labute approximate surface area is 180 Å². The molecule has 0 unspecified atom stereocenters. The summed E-state index contributed by atoms with van der Waals surface area (Å²) in [7, 11) is 0. The minimum atomic E-state index is -0.116. The van der Waals surface area contributed by atoms with Gasteiger partial charge in [0.1, 0.15) is 16.5 Å². The van der Waals surface area contributed by atoms with Crippen LogP contribution < -0.4 is 5.32 Å². The van der Waals surface area contributed by atoms with Crippen molar-refractivity contribution in [1.29, 1.82) is 0 Å². The second kappa shape index (κ2) is 8.75. The topological polar surface area (TPSA) is 75.2 Å². The number of likely N-dealkylation sites (tertiary alicyclic amines) is 1. The maximum absolute atomic E-state index is 12.9. The van der Waals surface area contributed by atoms with E-state index in [1.54, 1.807) is 11.1 Å². The van der Waals surface area contributed by atoms with Crippen LogP contribution in [0.25, 0.3) is 10.6 Å². The monoisotopic (exact) mass is 420 g/mol. The fraction of sp³-hybridized carbons (Fsp3) is 0.304. The number of piperidine rings is 1. The van der Waals surface area contributed by atoms with E-state index in [1.165, 1.54) is 16.9 Å². The molecule has 0 bridgehead atoms. The molecule has 7 heteroatoms. The highest BCUT2D eigenvalue weighted by atomic mass is 32.1. The van der Waals surface area contributed by atoms with Gasteiger partial charge in [-0.15, -0.1) is 11.3 Å². The molecular formula is C23H24N4O2S. The van der Waals surface area contributed by atoms with Crippen LogP contribution >= 0.6 is 11.3 Å². The molecule has 4 rings (SSSR count). The van der Waals surface area contributed by atoms with Crippen LogP contribution in [0.15, 0.2) is 48.0 Å². The lowest BCUT2D eigenvalue weighted by atomic mass is 9.95. The largest absolute Gasteiger partial charge is 0.337 e. The van der Waals surface area contributed by atoms with Gasteiger partial charge in [0.05, 0.1) is 0 Å². The summed E-state index contributed by atoms with van der Waals surface area (Å²) >= 11 is 1.48. The SMILES string of the molecule is Cc1ccc(-c2nc(C(=O)N3CCC(C(=O)Nc4cc(C)ccn4)CC3)cs2)cc1. The molecule has 1 aliphatic rings. The Bertz CT molecular complexity index is 1050. The van der Waals surface area contributed by atoms with Crippen molar-refractivity contribution in [2.75, 3.05) is 18.4 Å². The van der Waals surface area contributed by atoms with Crippen molar-refractivity contribution in [2.24, 2.45) is 5.92 Å². The van der Waals surface area contributed by atoms with E-state index in [1.807, 2.05) is 55.6 Å². The Balaban J connectivity index is 1.34. The number of nitrogens with zero attached hydrogens (tertiary/aromatic N) is 3. The number of carbonyl (C=O) groups excluding carboxylic acids is 2. The van der Waals surface area contributed by atoms with Crippen molar-refractivity contribution < 1.29 is 9.59 Å². The van der Waals surface area contributed by atoms with Crippen LogP contribution in [0.3, 0.4) is 0 Å². The lowest BCUT2D eigenvalue weighted by Crippen LogP contribution is -2.41. The lowest BCUT2D eigenvalue weighted by Gasteiger charge is -2.30. The van der Waals surface area contributed by atoms with Crippen LogP contribution in [0.2, 0.25) is 0 Å². The van der Waals surface area contributed by atoms with Gasteiger partial charge in [-0.05, 0) is 44.4 Å². The van der Waals surface area contributed by atoms with E-state index in [4.69, 9.17) is 0 Å². The summed E-state index contributed by atoms with van der Waals surface area (Å²) in [5.74, 6) is 0.360. The molecule has 1 aliphatic heterocycles. The molecule has 1 saturated heterocycles.